The first-order valence-corrected chi connectivity index (χ1v) is 8.84. The summed E-state index contributed by atoms with van der Waals surface area (Å²) in [5.41, 5.74) is 2.03. The van der Waals surface area contributed by atoms with E-state index >= 15 is 0 Å². The Morgan fingerprint density at radius 3 is 2.50 bits per heavy atom. The van der Waals surface area contributed by atoms with Crippen LogP contribution in [0.1, 0.15) is 38.2 Å². The third-order valence-electron chi connectivity index (χ3n) is 5.05. The maximum Gasteiger partial charge on any atom is 0.316 e. The number of nitrogens with one attached hydrogen (secondary N) is 1. The Balaban J connectivity index is 2.00. The zero-order chi connectivity index (χ0) is 18.8. The Morgan fingerprint density at radius 2 is 1.88 bits per heavy atom. The fourth-order valence-electron chi connectivity index (χ4n) is 3.85. The summed E-state index contributed by atoms with van der Waals surface area (Å²) in [6, 6.07) is 7.41. The summed E-state index contributed by atoms with van der Waals surface area (Å²) >= 11 is 0. The van der Waals surface area contributed by atoms with Crippen molar-refractivity contribution in [3.8, 4) is 5.75 Å². The minimum atomic E-state index is -0.820. The van der Waals surface area contributed by atoms with Crippen LogP contribution in [0.5, 0.6) is 5.75 Å². The van der Waals surface area contributed by atoms with Crippen molar-refractivity contribution in [1.29, 1.82) is 0 Å². The van der Waals surface area contributed by atoms with Gasteiger partial charge in [0.2, 0.25) is 5.91 Å². The van der Waals surface area contributed by atoms with Crippen molar-refractivity contribution >= 4 is 17.7 Å². The van der Waals surface area contributed by atoms with Crippen LogP contribution in [0.2, 0.25) is 0 Å². The second-order valence-electron chi connectivity index (χ2n) is 6.75. The molecule has 1 aromatic rings. The van der Waals surface area contributed by atoms with Gasteiger partial charge in [-0.3, -0.25) is 14.4 Å². The minimum Gasteiger partial charge on any atom is -0.494 e. The number of benzene rings is 1. The van der Waals surface area contributed by atoms with Gasteiger partial charge < -0.3 is 14.8 Å². The number of carbonyl (C=O) groups is 3. The molecule has 1 N–H and O–H groups in total. The molecule has 138 valence electrons. The minimum absolute atomic E-state index is 0.112. The van der Waals surface area contributed by atoms with Crippen LogP contribution < -0.4 is 10.1 Å². The number of ketones is 1. The highest BCUT2D eigenvalue weighted by molar-refractivity contribution is 6.11. The number of Topliss-reactive ketones (excluding diaryl/α,β-unsaturated/α-hetero) is 1. The van der Waals surface area contributed by atoms with Crippen LogP contribution in [0, 0.1) is 11.8 Å². The summed E-state index contributed by atoms with van der Waals surface area (Å²) < 4.78 is 10.3. The number of carbonyl (C=O) groups excluding carboxylic acids is 3. The van der Waals surface area contributed by atoms with Gasteiger partial charge in [0.25, 0.3) is 0 Å². The predicted molar refractivity (Wildman–Crippen MR) is 94.4 cm³/mol. The second-order valence-corrected chi connectivity index (χ2v) is 6.75. The monoisotopic (exact) mass is 357 g/mol. The van der Waals surface area contributed by atoms with E-state index in [4.69, 9.17) is 9.47 Å². The maximum atomic E-state index is 13.1. The van der Waals surface area contributed by atoms with Crippen molar-refractivity contribution in [2.24, 2.45) is 11.8 Å². The first-order chi connectivity index (χ1) is 12.5. The smallest absolute Gasteiger partial charge is 0.316 e. The van der Waals surface area contributed by atoms with Crippen LogP contribution in [0.25, 0.3) is 0 Å². The van der Waals surface area contributed by atoms with Crippen LogP contribution in [0.15, 0.2) is 35.5 Å². The quantitative estimate of drug-likeness (QED) is 0.661. The number of allylic oxidation sites excluding steroid dienone is 2. The van der Waals surface area contributed by atoms with Gasteiger partial charge in [0.05, 0.1) is 13.7 Å². The van der Waals surface area contributed by atoms with Gasteiger partial charge in [0, 0.05) is 23.6 Å². The number of ether oxygens (including phenoxy) is 2. The standard InChI is InChI=1S/C20H23NO5/c1-4-26-13-7-5-12(6-8-13)14-10-16(22)21-15-9-11(2)17(20(24)25-3)19(23)18(14)15/h5-8,11,14,17H,4,9-10H2,1-3H3,(H,21,22)/t11-,14-,17-/m1/s1. The third kappa shape index (κ3) is 3.23. The van der Waals surface area contributed by atoms with E-state index in [2.05, 4.69) is 5.32 Å². The fraction of sp³-hybridized carbons (Fsp3) is 0.450. The lowest BCUT2D eigenvalue weighted by molar-refractivity contribution is -0.151. The van der Waals surface area contributed by atoms with Crippen LogP contribution >= 0.6 is 0 Å². The Hall–Kier alpha value is -2.63. The molecular formula is C20H23NO5. The Morgan fingerprint density at radius 1 is 1.19 bits per heavy atom. The van der Waals surface area contributed by atoms with Crippen molar-refractivity contribution in [1.82, 2.24) is 5.32 Å². The number of esters is 1. The molecular weight excluding hydrogens is 334 g/mol. The first-order valence-electron chi connectivity index (χ1n) is 8.84. The molecule has 3 rings (SSSR count). The fourth-order valence-corrected chi connectivity index (χ4v) is 3.85. The van der Waals surface area contributed by atoms with Crippen LogP contribution in [-0.4, -0.2) is 31.4 Å². The number of rotatable bonds is 4. The Kier molecular flexibility index (Phi) is 5.11. The molecule has 0 unspecified atom stereocenters. The number of hydrogen-bond acceptors (Lipinski definition) is 5. The van der Waals surface area contributed by atoms with Gasteiger partial charge in [0.1, 0.15) is 11.7 Å². The lowest BCUT2D eigenvalue weighted by atomic mass is 9.70. The molecule has 0 radical (unpaired) electrons. The molecule has 0 bridgehead atoms. The molecule has 0 saturated carbocycles. The van der Waals surface area contributed by atoms with Gasteiger partial charge in [-0.15, -0.1) is 0 Å². The number of hydrogen-bond donors (Lipinski definition) is 1. The summed E-state index contributed by atoms with van der Waals surface area (Å²) in [7, 11) is 1.29. The summed E-state index contributed by atoms with van der Waals surface area (Å²) in [4.78, 5) is 37.4. The van der Waals surface area contributed by atoms with Gasteiger partial charge in [-0.05, 0) is 37.0 Å². The molecule has 26 heavy (non-hydrogen) atoms. The SMILES string of the molecule is CCOc1ccc([C@H]2CC(=O)NC3=C2C(=O)[C@H](C(=O)OC)[C@H](C)C3)cc1. The Labute approximate surface area is 152 Å². The molecule has 0 fully saturated rings. The number of amides is 1. The van der Waals surface area contributed by atoms with E-state index < -0.39 is 11.9 Å². The second kappa shape index (κ2) is 7.32. The third-order valence-corrected chi connectivity index (χ3v) is 5.05. The van der Waals surface area contributed by atoms with Crippen molar-refractivity contribution < 1.29 is 23.9 Å². The largest absolute Gasteiger partial charge is 0.494 e. The van der Waals surface area contributed by atoms with E-state index in [1.165, 1.54) is 7.11 Å². The average Bonchev–Trinajstić information content (AvgIpc) is 2.61. The molecule has 1 heterocycles. The van der Waals surface area contributed by atoms with E-state index in [1.807, 2.05) is 38.1 Å². The number of methoxy groups -OCH3 is 1. The lowest BCUT2D eigenvalue weighted by Gasteiger charge is -2.36. The molecule has 0 spiro atoms. The molecule has 3 atom stereocenters. The lowest BCUT2D eigenvalue weighted by Crippen LogP contribution is -2.44. The maximum absolute atomic E-state index is 13.1. The molecule has 1 aliphatic heterocycles. The van der Waals surface area contributed by atoms with E-state index in [9.17, 15) is 14.4 Å². The molecule has 1 amide bonds. The molecule has 6 heteroatoms. The summed E-state index contributed by atoms with van der Waals surface area (Å²) in [6.45, 7) is 4.30. The Bertz CT molecular complexity index is 765. The van der Waals surface area contributed by atoms with E-state index in [0.29, 0.717) is 24.3 Å². The molecule has 6 nitrogen and oxygen atoms in total. The molecule has 0 saturated heterocycles. The average molecular weight is 357 g/mol. The summed E-state index contributed by atoms with van der Waals surface area (Å²) in [5, 5.41) is 2.83. The zero-order valence-electron chi connectivity index (χ0n) is 15.2. The highest BCUT2D eigenvalue weighted by atomic mass is 16.5. The van der Waals surface area contributed by atoms with E-state index in [-0.39, 0.29) is 29.9 Å². The van der Waals surface area contributed by atoms with E-state index in [0.717, 1.165) is 11.3 Å². The van der Waals surface area contributed by atoms with Crippen molar-refractivity contribution in [3.63, 3.8) is 0 Å². The molecule has 1 aromatic carbocycles. The van der Waals surface area contributed by atoms with Gasteiger partial charge in [0.15, 0.2) is 5.78 Å². The van der Waals surface area contributed by atoms with Crippen LogP contribution in [0.3, 0.4) is 0 Å². The predicted octanol–water partition coefficient (Wildman–Crippen LogP) is 2.34. The highest BCUT2D eigenvalue weighted by Crippen LogP contribution is 2.42. The summed E-state index contributed by atoms with van der Waals surface area (Å²) in [6.07, 6.45) is 0.654. The first kappa shape index (κ1) is 18.2. The van der Waals surface area contributed by atoms with Gasteiger partial charge in [-0.2, -0.15) is 0 Å². The summed E-state index contributed by atoms with van der Waals surface area (Å²) in [5.74, 6) is -1.53. The topological polar surface area (TPSA) is 81.7 Å². The molecule has 2 aliphatic rings. The molecule has 1 aliphatic carbocycles. The van der Waals surface area contributed by atoms with E-state index in [1.54, 1.807) is 0 Å². The normalized spacial score (nSPS) is 25.4. The highest BCUT2D eigenvalue weighted by Gasteiger charge is 2.45. The van der Waals surface area contributed by atoms with Crippen molar-refractivity contribution in [2.45, 2.75) is 32.6 Å². The van der Waals surface area contributed by atoms with Gasteiger partial charge in [-0.1, -0.05) is 19.1 Å². The van der Waals surface area contributed by atoms with Gasteiger partial charge >= 0.3 is 5.97 Å². The van der Waals surface area contributed by atoms with Crippen molar-refractivity contribution in [2.75, 3.05) is 13.7 Å². The van der Waals surface area contributed by atoms with Crippen LogP contribution in [-0.2, 0) is 19.1 Å². The van der Waals surface area contributed by atoms with Gasteiger partial charge in [-0.25, -0.2) is 0 Å². The van der Waals surface area contributed by atoms with Crippen LogP contribution in [0.4, 0.5) is 0 Å². The van der Waals surface area contributed by atoms with Crippen molar-refractivity contribution in [3.05, 3.63) is 41.1 Å². The zero-order valence-corrected chi connectivity index (χ0v) is 15.2. The molecule has 0 aromatic heterocycles.